The number of aryl methyl sites for hydroxylation is 1. The number of benzene rings is 1. The fourth-order valence-corrected chi connectivity index (χ4v) is 3.72. The Bertz CT molecular complexity index is 601. The van der Waals surface area contributed by atoms with E-state index in [2.05, 4.69) is 5.32 Å². The molecule has 0 radical (unpaired) electrons. The highest BCUT2D eigenvalue weighted by molar-refractivity contribution is 7.89. The molecule has 1 rings (SSSR count). The Labute approximate surface area is 138 Å². The summed E-state index contributed by atoms with van der Waals surface area (Å²) in [6.45, 7) is 6.76. The first-order valence-corrected chi connectivity index (χ1v) is 8.41. The van der Waals surface area contributed by atoms with Crippen LogP contribution in [0.4, 0.5) is 0 Å². The van der Waals surface area contributed by atoms with Gasteiger partial charge in [0.2, 0.25) is 10.0 Å². The zero-order valence-electron chi connectivity index (χ0n) is 13.1. The minimum atomic E-state index is -3.58. The molecule has 0 aliphatic carbocycles. The molecule has 0 aliphatic rings. The van der Waals surface area contributed by atoms with Gasteiger partial charge in [0.25, 0.3) is 5.91 Å². The maximum Gasteiger partial charge on any atom is 0.251 e. The molecule has 1 aromatic rings. The predicted molar refractivity (Wildman–Crippen MR) is 89.9 cm³/mol. The number of carbonyl (C=O) groups excluding carboxylic acids is 1. The summed E-state index contributed by atoms with van der Waals surface area (Å²) in [6, 6.07) is 4.69. The molecule has 0 bridgehead atoms. The normalized spacial score (nSPS) is 11.1. The van der Waals surface area contributed by atoms with Gasteiger partial charge in [-0.1, -0.05) is 19.9 Å². The maximum absolute atomic E-state index is 12.6. The SMILES string of the molecule is CCN(CC)S(=O)(=O)c1cc(C(=O)NCCN)ccc1C.Cl. The van der Waals surface area contributed by atoms with Gasteiger partial charge in [-0.25, -0.2) is 8.42 Å². The van der Waals surface area contributed by atoms with Crippen molar-refractivity contribution in [1.82, 2.24) is 9.62 Å². The van der Waals surface area contributed by atoms with E-state index in [0.717, 1.165) is 0 Å². The molecule has 0 aromatic heterocycles. The van der Waals surface area contributed by atoms with Gasteiger partial charge in [0.05, 0.1) is 4.90 Å². The second kappa shape index (κ2) is 9.09. The summed E-state index contributed by atoms with van der Waals surface area (Å²) in [5, 5.41) is 2.63. The van der Waals surface area contributed by atoms with Gasteiger partial charge in [-0.15, -0.1) is 12.4 Å². The van der Waals surface area contributed by atoms with E-state index in [1.54, 1.807) is 32.9 Å². The van der Waals surface area contributed by atoms with Crippen molar-refractivity contribution < 1.29 is 13.2 Å². The maximum atomic E-state index is 12.6. The molecule has 3 N–H and O–H groups in total. The highest BCUT2D eigenvalue weighted by Gasteiger charge is 2.24. The van der Waals surface area contributed by atoms with E-state index in [1.165, 1.54) is 10.4 Å². The number of nitrogens with zero attached hydrogens (tertiary/aromatic N) is 1. The molecule has 0 saturated heterocycles. The predicted octanol–water partition coefficient (Wildman–Crippen LogP) is 1.14. The fourth-order valence-electron chi connectivity index (χ4n) is 2.01. The Balaban J connectivity index is 0.00000441. The van der Waals surface area contributed by atoms with Crippen molar-refractivity contribution in [3.63, 3.8) is 0 Å². The molecule has 0 fully saturated rings. The number of nitrogens with one attached hydrogen (secondary N) is 1. The van der Waals surface area contributed by atoms with E-state index in [-0.39, 0.29) is 23.2 Å². The van der Waals surface area contributed by atoms with Crippen molar-refractivity contribution in [2.45, 2.75) is 25.7 Å². The Morgan fingerprint density at radius 3 is 2.36 bits per heavy atom. The zero-order chi connectivity index (χ0) is 16.0. The van der Waals surface area contributed by atoms with E-state index < -0.39 is 10.0 Å². The number of nitrogens with two attached hydrogens (primary N) is 1. The number of hydrogen-bond donors (Lipinski definition) is 2. The van der Waals surface area contributed by atoms with Gasteiger partial charge in [-0.05, 0) is 24.6 Å². The van der Waals surface area contributed by atoms with E-state index in [9.17, 15) is 13.2 Å². The Morgan fingerprint density at radius 1 is 1.27 bits per heavy atom. The first-order valence-electron chi connectivity index (χ1n) is 6.97. The van der Waals surface area contributed by atoms with Gasteiger partial charge in [0.15, 0.2) is 0 Å². The van der Waals surface area contributed by atoms with Crippen LogP contribution in [0.15, 0.2) is 23.1 Å². The molecule has 8 heteroatoms. The summed E-state index contributed by atoms with van der Waals surface area (Å²) in [5.74, 6) is -0.323. The van der Waals surface area contributed by atoms with E-state index in [4.69, 9.17) is 5.73 Å². The quantitative estimate of drug-likeness (QED) is 0.772. The van der Waals surface area contributed by atoms with Crippen LogP contribution in [0.1, 0.15) is 29.8 Å². The van der Waals surface area contributed by atoms with Crippen molar-refractivity contribution >= 4 is 28.3 Å². The van der Waals surface area contributed by atoms with Gasteiger partial charge in [-0.2, -0.15) is 4.31 Å². The number of sulfonamides is 1. The molecule has 22 heavy (non-hydrogen) atoms. The molecule has 1 amide bonds. The van der Waals surface area contributed by atoms with Gasteiger partial charge in [-0.3, -0.25) is 4.79 Å². The molecule has 6 nitrogen and oxygen atoms in total. The van der Waals surface area contributed by atoms with Crippen LogP contribution in [0.2, 0.25) is 0 Å². The molecule has 0 aliphatic heterocycles. The van der Waals surface area contributed by atoms with Crippen molar-refractivity contribution in [3.8, 4) is 0 Å². The molecule has 0 saturated carbocycles. The number of amides is 1. The van der Waals surface area contributed by atoms with E-state index in [1.807, 2.05) is 0 Å². The van der Waals surface area contributed by atoms with Gasteiger partial charge in [0.1, 0.15) is 0 Å². The molecule has 0 atom stereocenters. The largest absolute Gasteiger partial charge is 0.351 e. The summed E-state index contributed by atoms with van der Waals surface area (Å²) in [7, 11) is -3.58. The molecule has 0 heterocycles. The molecule has 0 unspecified atom stereocenters. The molecular formula is C14H24ClN3O3S. The first-order chi connectivity index (χ1) is 9.88. The summed E-state index contributed by atoms with van der Waals surface area (Å²) in [4.78, 5) is 12.1. The van der Waals surface area contributed by atoms with Crippen LogP contribution in [0.3, 0.4) is 0 Å². The van der Waals surface area contributed by atoms with Crippen LogP contribution in [-0.2, 0) is 10.0 Å². The van der Waals surface area contributed by atoms with E-state index in [0.29, 0.717) is 37.3 Å². The number of halogens is 1. The lowest BCUT2D eigenvalue weighted by atomic mass is 10.1. The third-order valence-electron chi connectivity index (χ3n) is 3.20. The van der Waals surface area contributed by atoms with Crippen molar-refractivity contribution in [2.75, 3.05) is 26.2 Å². The monoisotopic (exact) mass is 349 g/mol. The molecule has 126 valence electrons. The summed E-state index contributed by atoms with van der Waals surface area (Å²) in [5.41, 5.74) is 6.28. The van der Waals surface area contributed by atoms with Crippen LogP contribution in [0.25, 0.3) is 0 Å². The Morgan fingerprint density at radius 2 is 1.86 bits per heavy atom. The highest BCUT2D eigenvalue weighted by Crippen LogP contribution is 2.21. The number of hydrogen-bond acceptors (Lipinski definition) is 4. The summed E-state index contributed by atoms with van der Waals surface area (Å²) >= 11 is 0. The Hall–Kier alpha value is -1.15. The van der Waals surface area contributed by atoms with Crippen LogP contribution in [-0.4, -0.2) is 44.8 Å². The minimum Gasteiger partial charge on any atom is -0.351 e. The van der Waals surface area contributed by atoms with Crippen LogP contribution in [0.5, 0.6) is 0 Å². The number of carbonyl (C=O) groups is 1. The third-order valence-corrected chi connectivity index (χ3v) is 5.40. The topological polar surface area (TPSA) is 92.5 Å². The second-order valence-electron chi connectivity index (χ2n) is 4.61. The van der Waals surface area contributed by atoms with Gasteiger partial charge < -0.3 is 11.1 Å². The molecular weight excluding hydrogens is 326 g/mol. The molecule has 0 spiro atoms. The standard InChI is InChI=1S/C14H23N3O3S.ClH/c1-4-17(5-2)21(19,20)13-10-12(7-6-11(13)3)14(18)16-9-8-15;/h6-7,10H,4-5,8-9,15H2,1-3H3,(H,16,18);1H. The van der Waals surface area contributed by atoms with Crippen molar-refractivity contribution in [3.05, 3.63) is 29.3 Å². The van der Waals surface area contributed by atoms with Gasteiger partial charge in [0, 0.05) is 31.7 Å². The highest BCUT2D eigenvalue weighted by atomic mass is 35.5. The first kappa shape index (κ1) is 20.9. The Kier molecular flexibility index (Phi) is 8.62. The average molecular weight is 350 g/mol. The second-order valence-corrected chi connectivity index (χ2v) is 6.52. The van der Waals surface area contributed by atoms with Crippen LogP contribution in [0, 0.1) is 6.92 Å². The lowest BCUT2D eigenvalue weighted by molar-refractivity contribution is 0.0954. The summed E-state index contributed by atoms with van der Waals surface area (Å²) in [6.07, 6.45) is 0. The van der Waals surface area contributed by atoms with Crippen molar-refractivity contribution in [2.24, 2.45) is 5.73 Å². The van der Waals surface area contributed by atoms with Crippen LogP contribution < -0.4 is 11.1 Å². The molecule has 1 aromatic carbocycles. The lowest BCUT2D eigenvalue weighted by Crippen LogP contribution is -2.32. The number of rotatable bonds is 7. The van der Waals surface area contributed by atoms with Gasteiger partial charge >= 0.3 is 0 Å². The summed E-state index contributed by atoms with van der Waals surface area (Å²) < 4.78 is 26.5. The zero-order valence-corrected chi connectivity index (χ0v) is 14.8. The smallest absolute Gasteiger partial charge is 0.251 e. The fraction of sp³-hybridized carbons (Fsp3) is 0.500. The van der Waals surface area contributed by atoms with E-state index >= 15 is 0 Å². The average Bonchev–Trinajstić information content (AvgIpc) is 2.46. The third kappa shape index (κ3) is 4.67. The van der Waals surface area contributed by atoms with Crippen molar-refractivity contribution in [1.29, 1.82) is 0 Å². The lowest BCUT2D eigenvalue weighted by Gasteiger charge is -2.20. The minimum absolute atomic E-state index is 0. The van der Waals surface area contributed by atoms with Crippen LogP contribution >= 0.6 is 12.4 Å².